The SMILES string of the molecule is C=C1C=C/C1=C\C(C)(C)C. The fourth-order valence-electron chi connectivity index (χ4n) is 0.905. The molecule has 0 heterocycles. The average molecular weight is 134 g/mol. The van der Waals surface area contributed by atoms with Gasteiger partial charge < -0.3 is 0 Å². The summed E-state index contributed by atoms with van der Waals surface area (Å²) in [6.45, 7) is 10.5. The molecule has 0 amide bonds. The standard InChI is InChI=1S/C10H14/c1-8-5-6-9(8)7-10(2,3)4/h5-7H,1H2,2-4H3/b9-7+. The van der Waals surface area contributed by atoms with Gasteiger partial charge in [-0.2, -0.15) is 0 Å². The van der Waals surface area contributed by atoms with Crippen molar-refractivity contribution < 1.29 is 0 Å². The van der Waals surface area contributed by atoms with Gasteiger partial charge in [-0.3, -0.25) is 0 Å². The van der Waals surface area contributed by atoms with Gasteiger partial charge in [0.25, 0.3) is 0 Å². The third-order valence-electron chi connectivity index (χ3n) is 1.42. The lowest BCUT2D eigenvalue weighted by atomic mass is 9.87. The van der Waals surface area contributed by atoms with Crippen molar-refractivity contribution in [2.45, 2.75) is 20.8 Å². The largest absolute Gasteiger partial charge is 0.0912 e. The molecule has 54 valence electrons. The van der Waals surface area contributed by atoms with Gasteiger partial charge in [0.15, 0.2) is 0 Å². The minimum atomic E-state index is 0.281. The van der Waals surface area contributed by atoms with Crippen LogP contribution in [0.3, 0.4) is 0 Å². The van der Waals surface area contributed by atoms with Gasteiger partial charge in [0.2, 0.25) is 0 Å². The Morgan fingerprint density at radius 1 is 1.30 bits per heavy atom. The van der Waals surface area contributed by atoms with Crippen LogP contribution in [0.2, 0.25) is 0 Å². The van der Waals surface area contributed by atoms with E-state index in [0.29, 0.717) is 0 Å². The molecule has 0 aliphatic heterocycles. The molecule has 0 unspecified atom stereocenters. The van der Waals surface area contributed by atoms with Gasteiger partial charge in [-0.1, -0.05) is 45.6 Å². The van der Waals surface area contributed by atoms with Gasteiger partial charge in [0.05, 0.1) is 0 Å². The van der Waals surface area contributed by atoms with Crippen LogP contribution >= 0.6 is 0 Å². The molecular weight excluding hydrogens is 120 g/mol. The molecule has 0 heteroatoms. The van der Waals surface area contributed by atoms with Crippen LogP contribution in [0.4, 0.5) is 0 Å². The van der Waals surface area contributed by atoms with Crippen LogP contribution in [0, 0.1) is 5.41 Å². The van der Waals surface area contributed by atoms with Gasteiger partial charge in [0.1, 0.15) is 0 Å². The summed E-state index contributed by atoms with van der Waals surface area (Å²) in [5, 5.41) is 0. The number of rotatable bonds is 0. The van der Waals surface area contributed by atoms with Crippen LogP contribution in [0.25, 0.3) is 0 Å². The Balaban J connectivity index is 2.76. The molecule has 0 bridgehead atoms. The topological polar surface area (TPSA) is 0 Å². The Bertz CT molecular complexity index is 209. The van der Waals surface area contributed by atoms with Crippen LogP contribution in [0.5, 0.6) is 0 Å². The van der Waals surface area contributed by atoms with E-state index in [1.54, 1.807) is 0 Å². The maximum atomic E-state index is 3.87. The highest BCUT2D eigenvalue weighted by Gasteiger charge is 2.11. The fraction of sp³-hybridized carbons (Fsp3) is 0.400. The Kier molecular flexibility index (Phi) is 1.55. The zero-order chi connectivity index (χ0) is 7.78. The molecule has 10 heavy (non-hydrogen) atoms. The molecule has 1 aliphatic carbocycles. The van der Waals surface area contributed by atoms with Crippen molar-refractivity contribution in [3.05, 3.63) is 36.0 Å². The van der Waals surface area contributed by atoms with Crippen molar-refractivity contribution in [2.75, 3.05) is 0 Å². The zero-order valence-corrected chi connectivity index (χ0v) is 6.94. The molecule has 0 aromatic heterocycles. The smallest absolute Gasteiger partial charge is 0.0194 e. The van der Waals surface area contributed by atoms with E-state index < -0.39 is 0 Å². The van der Waals surface area contributed by atoms with E-state index >= 15 is 0 Å². The highest BCUT2D eigenvalue weighted by atomic mass is 14.2. The first-order valence-corrected chi connectivity index (χ1v) is 3.59. The minimum Gasteiger partial charge on any atom is -0.0912 e. The second-order valence-electron chi connectivity index (χ2n) is 3.82. The molecule has 1 aliphatic rings. The molecule has 1 rings (SSSR count). The first-order chi connectivity index (χ1) is 4.49. The first-order valence-electron chi connectivity index (χ1n) is 3.59. The molecular formula is C10H14. The Hall–Kier alpha value is -0.780. The molecule has 0 atom stereocenters. The third kappa shape index (κ3) is 1.60. The van der Waals surface area contributed by atoms with E-state index in [0.717, 1.165) is 5.57 Å². The molecule has 0 radical (unpaired) electrons. The van der Waals surface area contributed by atoms with Crippen LogP contribution in [-0.4, -0.2) is 0 Å². The van der Waals surface area contributed by atoms with Gasteiger partial charge in [0, 0.05) is 0 Å². The van der Waals surface area contributed by atoms with Gasteiger partial charge in [-0.05, 0) is 16.6 Å². The summed E-state index contributed by atoms with van der Waals surface area (Å²) in [5.74, 6) is 0. The van der Waals surface area contributed by atoms with Crippen molar-refractivity contribution in [3.63, 3.8) is 0 Å². The van der Waals surface area contributed by atoms with E-state index in [2.05, 4.69) is 39.5 Å². The lowest BCUT2D eigenvalue weighted by Gasteiger charge is -2.18. The Morgan fingerprint density at radius 2 is 1.90 bits per heavy atom. The molecule has 0 N–H and O–H groups in total. The van der Waals surface area contributed by atoms with Crippen molar-refractivity contribution in [2.24, 2.45) is 5.41 Å². The van der Waals surface area contributed by atoms with E-state index in [9.17, 15) is 0 Å². The van der Waals surface area contributed by atoms with Crippen molar-refractivity contribution in [1.82, 2.24) is 0 Å². The first kappa shape index (κ1) is 7.33. The number of allylic oxidation sites excluding steroid dienone is 5. The van der Waals surface area contributed by atoms with Gasteiger partial charge in [-0.15, -0.1) is 0 Å². The maximum Gasteiger partial charge on any atom is -0.0194 e. The van der Waals surface area contributed by atoms with E-state index in [1.165, 1.54) is 5.57 Å². The third-order valence-corrected chi connectivity index (χ3v) is 1.42. The lowest BCUT2D eigenvalue weighted by molar-refractivity contribution is 0.541. The average Bonchev–Trinajstić information content (AvgIpc) is 1.78. The van der Waals surface area contributed by atoms with Crippen LogP contribution in [0.15, 0.2) is 36.0 Å². The van der Waals surface area contributed by atoms with Crippen molar-refractivity contribution >= 4 is 0 Å². The second kappa shape index (κ2) is 2.12. The molecule has 0 fully saturated rings. The summed E-state index contributed by atoms with van der Waals surface area (Å²) in [5.41, 5.74) is 2.74. The predicted molar refractivity (Wildman–Crippen MR) is 45.8 cm³/mol. The molecule has 0 aromatic carbocycles. The van der Waals surface area contributed by atoms with Crippen LogP contribution in [-0.2, 0) is 0 Å². The summed E-state index contributed by atoms with van der Waals surface area (Å²) < 4.78 is 0. The monoisotopic (exact) mass is 134 g/mol. The normalized spacial score (nSPS) is 21.5. The summed E-state index contributed by atoms with van der Waals surface area (Å²) in [6.07, 6.45) is 6.39. The van der Waals surface area contributed by atoms with Gasteiger partial charge in [-0.25, -0.2) is 0 Å². The van der Waals surface area contributed by atoms with E-state index in [-0.39, 0.29) is 5.41 Å². The number of hydrogen-bond donors (Lipinski definition) is 0. The van der Waals surface area contributed by atoms with E-state index in [4.69, 9.17) is 0 Å². The second-order valence-corrected chi connectivity index (χ2v) is 3.82. The molecule has 0 aromatic rings. The van der Waals surface area contributed by atoms with Crippen LogP contribution < -0.4 is 0 Å². The zero-order valence-electron chi connectivity index (χ0n) is 6.94. The van der Waals surface area contributed by atoms with E-state index in [1.807, 2.05) is 6.08 Å². The summed E-state index contributed by atoms with van der Waals surface area (Å²) >= 11 is 0. The summed E-state index contributed by atoms with van der Waals surface area (Å²) in [6, 6.07) is 0. The Morgan fingerprint density at radius 3 is 2.00 bits per heavy atom. The highest BCUT2D eigenvalue weighted by Crippen LogP contribution is 2.27. The van der Waals surface area contributed by atoms with Crippen molar-refractivity contribution in [1.29, 1.82) is 0 Å². The highest BCUT2D eigenvalue weighted by molar-refractivity contribution is 5.55. The van der Waals surface area contributed by atoms with Gasteiger partial charge >= 0.3 is 0 Å². The number of hydrogen-bond acceptors (Lipinski definition) is 0. The Labute approximate surface area is 62.9 Å². The molecule has 0 saturated carbocycles. The molecule has 0 saturated heterocycles. The predicted octanol–water partition coefficient (Wildman–Crippen LogP) is 3.08. The van der Waals surface area contributed by atoms with Crippen molar-refractivity contribution in [3.8, 4) is 0 Å². The summed E-state index contributed by atoms with van der Waals surface area (Å²) in [7, 11) is 0. The molecule has 0 spiro atoms. The summed E-state index contributed by atoms with van der Waals surface area (Å²) in [4.78, 5) is 0. The minimum absolute atomic E-state index is 0.281. The quantitative estimate of drug-likeness (QED) is 0.477. The lowest BCUT2D eigenvalue weighted by Crippen LogP contribution is -2.03. The fourth-order valence-corrected chi connectivity index (χ4v) is 0.905. The van der Waals surface area contributed by atoms with Crippen LogP contribution in [0.1, 0.15) is 20.8 Å². The molecule has 0 nitrogen and oxygen atoms in total. The maximum absolute atomic E-state index is 3.87.